The maximum absolute atomic E-state index is 15.4. The summed E-state index contributed by atoms with van der Waals surface area (Å²) in [6.07, 6.45) is 0.484. The van der Waals surface area contributed by atoms with Crippen molar-refractivity contribution < 1.29 is 27.9 Å². The highest BCUT2D eigenvalue weighted by atomic mass is 35.5. The number of nitrogens with zero attached hydrogens (tertiary/aromatic N) is 4. The third-order valence-electron chi connectivity index (χ3n) is 8.53. The number of halogens is 3. The quantitative estimate of drug-likeness (QED) is 0.375. The number of methoxy groups -OCH3 is 1. The minimum atomic E-state index is -1.45. The summed E-state index contributed by atoms with van der Waals surface area (Å²) >= 11 is 6.20. The van der Waals surface area contributed by atoms with E-state index in [4.69, 9.17) is 16.3 Å². The second-order valence-electron chi connectivity index (χ2n) is 11.6. The number of fused-ring (bicyclic) bond motifs is 1. The predicted octanol–water partition coefficient (Wildman–Crippen LogP) is 3.72. The zero-order valence-electron chi connectivity index (χ0n) is 26.1. The van der Waals surface area contributed by atoms with Crippen LogP contribution in [0.15, 0.2) is 52.2 Å². The van der Waals surface area contributed by atoms with Crippen molar-refractivity contribution in [2.24, 2.45) is 0 Å². The van der Waals surface area contributed by atoms with Gasteiger partial charge in [-0.25, -0.2) is 18.4 Å². The minimum Gasteiger partial charge on any atom is -0.497 e. The molecule has 3 aromatic rings. The summed E-state index contributed by atoms with van der Waals surface area (Å²) in [4.78, 5) is 68.2. The number of nitrogens with one attached hydrogen (secondary N) is 2. The number of urea groups is 1. The lowest BCUT2D eigenvalue weighted by Gasteiger charge is -2.38. The van der Waals surface area contributed by atoms with Crippen LogP contribution in [0.3, 0.4) is 0 Å². The van der Waals surface area contributed by atoms with Gasteiger partial charge in [0.1, 0.15) is 24.3 Å². The number of likely N-dealkylation sites (tertiary alicyclic amines) is 1. The van der Waals surface area contributed by atoms with E-state index in [1.54, 1.807) is 25.1 Å². The Hall–Kier alpha value is -4.72. The molecule has 2 aromatic carbocycles. The van der Waals surface area contributed by atoms with Crippen LogP contribution in [0.5, 0.6) is 5.75 Å². The van der Waals surface area contributed by atoms with Crippen molar-refractivity contribution >= 4 is 35.1 Å². The SMILES string of the molecule is COc1ccc2c(c1)C(F)CN(C1CCN(C(=O)Cn3cc(-c4cccc(F)c4Cl)c(=O)n(C(C)CNC(C)=O)c3=O)CC1)C(=O)N2. The Morgan fingerprint density at radius 2 is 1.85 bits per heavy atom. The van der Waals surface area contributed by atoms with Gasteiger partial charge >= 0.3 is 11.7 Å². The molecule has 2 aliphatic heterocycles. The lowest BCUT2D eigenvalue weighted by molar-refractivity contribution is -0.133. The van der Waals surface area contributed by atoms with E-state index in [2.05, 4.69) is 10.6 Å². The Morgan fingerprint density at radius 3 is 2.53 bits per heavy atom. The highest BCUT2D eigenvalue weighted by Crippen LogP contribution is 2.35. The highest BCUT2D eigenvalue weighted by molar-refractivity contribution is 6.33. The number of carbonyl (C=O) groups is 3. The van der Waals surface area contributed by atoms with Gasteiger partial charge in [-0.15, -0.1) is 0 Å². The molecule has 4 amide bonds. The van der Waals surface area contributed by atoms with Crippen LogP contribution in [0.4, 0.5) is 19.3 Å². The molecule has 2 unspecified atom stereocenters. The molecule has 2 aliphatic rings. The van der Waals surface area contributed by atoms with Crippen molar-refractivity contribution in [1.82, 2.24) is 24.3 Å². The Bertz CT molecular complexity index is 1820. The maximum atomic E-state index is 15.4. The summed E-state index contributed by atoms with van der Waals surface area (Å²) in [6.45, 7) is 2.68. The van der Waals surface area contributed by atoms with E-state index in [9.17, 15) is 28.4 Å². The van der Waals surface area contributed by atoms with Crippen molar-refractivity contribution in [3.8, 4) is 16.9 Å². The number of amides is 4. The van der Waals surface area contributed by atoms with Crippen molar-refractivity contribution in [2.75, 3.05) is 38.6 Å². The first kappa shape index (κ1) is 33.6. The summed E-state index contributed by atoms with van der Waals surface area (Å²) < 4.78 is 36.9. The lowest BCUT2D eigenvalue weighted by atomic mass is 10.0. The first-order chi connectivity index (χ1) is 22.4. The van der Waals surface area contributed by atoms with Gasteiger partial charge in [0.05, 0.1) is 30.3 Å². The molecule has 47 heavy (non-hydrogen) atoms. The zero-order valence-corrected chi connectivity index (χ0v) is 26.9. The molecule has 1 saturated heterocycles. The average Bonchev–Trinajstić information content (AvgIpc) is 3.17. The fourth-order valence-electron chi connectivity index (χ4n) is 5.97. The largest absolute Gasteiger partial charge is 0.497 e. The fourth-order valence-corrected chi connectivity index (χ4v) is 6.20. The monoisotopic (exact) mass is 672 g/mol. The number of anilines is 1. The maximum Gasteiger partial charge on any atom is 0.331 e. The van der Waals surface area contributed by atoms with Crippen molar-refractivity contribution in [3.63, 3.8) is 0 Å². The van der Waals surface area contributed by atoms with Crippen LogP contribution >= 0.6 is 11.6 Å². The van der Waals surface area contributed by atoms with Crippen LogP contribution in [-0.4, -0.2) is 76.1 Å². The van der Waals surface area contributed by atoms with Gasteiger partial charge in [0.25, 0.3) is 5.56 Å². The Balaban J connectivity index is 1.35. The van der Waals surface area contributed by atoms with E-state index >= 15 is 4.39 Å². The molecule has 0 saturated carbocycles. The summed E-state index contributed by atoms with van der Waals surface area (Å²) in [6, 6.07) is 7.15. The molecule has 0 bridgehead atoms. The molecule has 0 radical (unpaired) electrons. The van der Waals surface area contributed by atoms with Crippen LogP contribution in [0.25, 0.3) is 11.1 Å². The van der Waals surface area contributed by atoms with Gasteiger partial charge in [0, 0.05) is 55.6 Å². The highest BCUT2D eigenvalue weighted by Gasteiger charge is 2.35. The van der Waals surface area contributed by atoms with Crippen LogP contribution in [-0.2, 0) is 16.1 Å². The van der Waals surface area contributed by atoms with Gasteiger partial charge in [-0.1, -0.05) is 23.7 Å². The lowest BCUT2D eigenvalue weighted by Crippen LogP contribution is -2.51. The van der Waals surface area contributed by atoms with Gasteiger partial charge in [-0.05, 0) is 44.0 Å². The summed E-state index contributed by atoms with van der Waals surface area (Å²) in [5.41, 5.74) is -0.907. The first-order valence-electron chi connectivity index (χ1n) is 15.1. The van der Waals surface area contributed by atoms with E-state index in [1.807, 2.05) is 0 Å². The van der Waals surface area contributed by atoms with E-state index in [0.717, 1.165) is 15.2 Å². The Labute approximate surface area is 273 Å². The smallest absolute Gasteiger partial charge is 0.331 e. The number of hydrogen-bond acceptors (Lipinski definition) is 6. The third-order valence-corrected chi connectivity index (χ3v) is 8.92. The molecule has 3 heterocycles. The summed E-state index contributed by atoms with van der Waals surface area (Å²) in [5.74, 6) is -1.08. The van der Waals surface area contributed by atoms with Crippen molar-refractivity contribution in [3.05, 3.63) is 79.8 Å². The number of piperidine rings is 1. The van der Waals surface area contributed by atoms with Gasteiger partial charge in [0.15, 0.2) is 0 Å². The van der Waals surface area contributed by atoms with Gasteiger partial charge < -0.3 is 25.2 Å². The van der Waals surface area contributed by atoms with E-state index in [-0.39, 0.29) is 54.3 Å². The van der Waals surface area contributed by atoms with Crippen molar-refractivity contribution in [2.45, 2.75) is 51.5 Å². The molecule has 1 fully saturated rings. The topological polar surface area (TPSA) is 135 Å². The number of alkyl halides is 1. The van der Waals surface area contributed by atoms with E-state index in [1.165, 1.54) is 42.2 Å². The van der Waals surface area contributed by atoms with Crippen molar-refractivity contribution in [1.29, 1.82) is 0 Å². The van der Waals surface area contributed by atoms with Gasteiger partial charge in [-0.3, -0.25) is 23.5 Å². The van der Waals surface area contributed by atoms with E-state index < -0.39 is 47.8 Å². The normalized spacial score (nSPS) is 17.4. The number of aromatic nitrogens is 2. The molecule has 1 aromatic heterocycles. The number of rotatable bonds is 8. The van der Waals surface area contributed by atoms with Gasteiger partial charge in [0.2, 0.25) is 11.8 Å². The zero-order chi connectivity index (χ0) is 34.0. The predicted molar refractivity (Wildman–Crippen MR) is 171 cm³/mol. The van der Waals surface area contributed by atoms with Gasteiger partial charge in [-0.2, -0.15) is 0 Å². The molecule has 2 N–H and O–H groups in total. The molecule has 5 rings (SSSR count). The van der Waals surface area contributed by atoms with Crippen LogP contribution in [0.1, 0.15) is 44.5 Å². The van der Waals surface area contributed by atoms with Crippen LogP contribution in [0.2, 0.25) is 5.02 Å². The second kappa shape index (κ2) is 14.0. The Morgan fingerprint density at radius 1 is 1.13 bits per heavy atom. The summed E-state index contributed by atoms with van der Waals surface area (Å²) in [7, 11) is 1.48. The second-order valence-corrected chi connectivity index (χ2v) is 12.0. The molecule has 15 heteroatoms. The van der Waals surface area contributed by atoms with Crippen LogP contribution < -0.4 is 26.6 Å². The number of benzene rings is 2. The Kier molecular flexibility index (Phi) is 9.99. The number of hydrogen-bond donors (Lipinski definition) is 2. The standard InChI is InChI=1S/C32H35ClF2N6O6/c1-18(14-36-19(2)42)41-30(44)24(22-5-4-6-25(34)29(22)33)15-39(32(41)46)17-28(43)38-11-9-20(10-12-38)40-16-26(35)23-13-21(47-3)7-8-27(23)37-31(40)45/h4-8,13,15,18,20,26H,9-12,14,16-17H2,1-3H3,(H,36,42)(H,37,45). The molecule has 2 atom stereocenters. The number of ether oxygens (including phenoxy) is 1. The first-order valence-corrected chi connectivity index (χ1v) is 15.5. The van der Waals surface area contributed by atoms with Crippen LogP contribution in [0, 0.1) is 5.82 Å². The molecule has 0 spiro atoms. The minimum absolute atomic E-state index is 0.0432. The molecular formula is C32H35ClF2N6O6. The molecular weight excluding hydrogens is 638 g/mol. The third kappa shape index (κ3) is 7.02. The number of carbonyl (C=O) groups excluding carboxylic acids is 3. The van der Waals surface area contributed by atoms with E-state index in [0.29, 0.717) is 29.8 Å². The average molecular weight is 673 g/mol. The molecule has 250 valence electrons. The molecule has 0 aliphatic carbocycles. The summed E-state index contributed by atoms with van der Waals surface area (Å²) in [5, 5.41) is 5.03. The fraction of sp³-hybridized carbons (Fsp3) is 0.406. The molecule has 12 nitrogen and oxygen atoms in total.